The van der Waals surface area contributed by atoms with E-state index in [1.807, 2.05) is 0 Å². The fourth-order valence-electron chi connectivity index (χ4n) is 2.38. The first kappa shape index (κ1) is 17.5. The zero-order valence-electron chi connectivity index (χ0n) is 13.9. The van der Waals surface area contributed by atoms with Gasteiger partial charge in [-0.1, -0.05) is 41.0 Å². The van der Waals surface area contributed by atoms with Crippen molar-refractivity contribution in [2.45, 2.75) is 47.5 Å². The van der Waals surface area contributed by atoms with Crippen molar-refractivity contribution in [1.82, 2.24) is 4.98 Å². The highest BCUT2D eigenvalue weighted by molar-refractivity contribution is 5.88. The van der Waals surface area contributed by atoms with Crippen molar-refractivity contribution in [3.05, 3.63) is 23.4 Å². The van der Waals surface area contributed by atoms with E-state index in [9.17, 15) is 9.90 Å². The molecule has 118 valence electrons. The SMILES string of the molecule is CCCc1cc(C(=O)O)cc(N(CC(C)C)CC(C)C)n1. The van der Waals surface area contributed by atoms with Crippen molar-refractivity contribution >= 4 is 11.8 Å². The molecule has 0 aliphatic carbocycles. The van der Waals surface area contributed by atoms with E-state index in [4.69, 9.17) is 0 Å². The molecular formula is C17H28N2O2. The number of aryl methyl sites for hydroxylation is 1. The van der Waals surface area contributed by atoms with E-state index < -0.39 is 5.97 Å². The second-order valence-electron chi connectivity index (χ2n) is 6.45. The van der Waals surface area contributed by atoms with Crippen LogP contribution in [0.2, 0.25) is 0 Å². The molecule has 1 aromatic heterocycles. The number of rotatable bonds is 8. The molecule has 1 N–H and O–H groups in total. The van der Waals surface area contributed by atoms with Crippen molar-refractivity contribution in [3.63, 3.8) is 0 Å². The topological polar surface area (TPSA) is 53.4 Å². The highest BCUT2D eigenvalue weighted by Gasteiger charge is 2.15. The minimum absolute atomic E-state index is 0.334. The summed E-state index contributed by atoms with van der Waals surface area (Å²) in [4.78, 5) is 18.2. The minimum Gasteiger partial charge on any atom is -0.478 e. The van der Waals surface area contributed by atoms with Gasteiger partial charge in [-0.3, -0.25) is 0 Å². The smallest absolute Gasteiger partial charge is 0.335 e. The fraction of sp³-hybridized carbons (Fsp3) is 0.647. The molecule has 0 fully saturated rings. The number of nitrogens with zero attached hydrogens (tertiary/aromatic N) is 2. The van der Waals surface area contributed by atoms with Gasteiger partial charge in [-0.2, -0.15) is 0 Å². The van der Waals surface area contributed by atoms with Crippen LogP contribution in [0.4, 0.5) is 5.82 Å². The molecule has 21 heavy (non-hydrogen) atoms. The van der Waals surface area contributed by atoms with Gasteiger partial charge in [0.15, 0.2) is 0 Å². The monoisotopic (exact) mass is 292 g/mol. The second-order valence-corrected chi connectivity index (χ2v) is 6.45. The Bertz CT molecular complexity index is 460. The van der Waals surface area contributed by atoms with E-state index in [1.54, 1.807) is 12.1 Å². The molecule has 0 unspecified atom stereocenters. The standard InChI is InChI=1S/C17H28N2O2/c1-6-7-15-8-14(17(20)21)9-16(18-15)19(10-12(2)3)11-13(4)5/h8-9,12-13H,6-7,10-11H2,1-5H3,(H,20,21). The quantitative estimate of drug-likeness (QED) is 0.790. The maximum absolute atomic E-state index is 11.3. The van der Waals surface area contributed by atoms with Gasteiger partial charge in [-0.15, -0.1) is 0 Å². The van der Waals surface area contributed by atoms with E-state index in [1.165, 1.54) is 0 Å². The number of aromatic carboxylic acids is 1. The van der Waals surface area contributed by atoms with Gasteiger partial charge in [0.05, 0.1) is 5.56 Å². The van der Waals surface area contributed by atoms with E-state index in [0.717, 1.165) is 37.4 Å². The van der Waals surface area contributed by atoms with Gasteiger partial charge in [0, 0.05) is 18.8 Å². The third kappa shape index (κ3) is 5.74. The molecule has 0 atom stereocenters. The Hall–Kier alpha value is -1.58. The lowest BCUT2D eigenvalue weighted by Gasteiger charge is -2.28. The van der Waals surface area contributed by atoms with Gasteiger partial charge in [-0.25, -0.2) is 9.78 Å². The van der Waals surface area contributed by atoms with Crippen LogP contribution in [-0.4, -0.2) is 29.1 Å². The Labute approximate surface area is 128 Å². The molecule has 0 saturated carbocycles. The molecule has 0 bridgehead atoms. The van der Waals surface area contributed by atoms with E-state index >= 15 is 0 Å². The van der Waals surface area contributed by atoms with Crippen LogP contribution in [0.3, 0.4) is 0 Å². The third-order valence-electron chi connectivity index (χ3n) is 3.11. The van der Waals surface area contributed by atoms with Gasteiger partial charge >= 0.3 is 5.97 Å². The average molecular weight is 292 g/mol. The van der Waals surface area contributed by atoms with Crippen molar-refractivity contribution in [2.24, 2.45) is 11.8 Å². The summed E-state index contributed by atoms with van der Waals surface area (Å²) in [5, 5.41) is 9.30. The Balaban J connectivity index is 3.17. The van der Waals surface area contributed by atoms with Crippen LogP contribution in [-0.2, 0) is 6.42 Å². The number of anilines is 1. The summed E-state index contributed by atoms with van der Waals surface area (Å²) in [6, 6.07) is 3.39. The van der Waals surface area contributed by atoms with Crippen LogP contribution in [0, 0.1) is 11.8 Å². The first-order valence-electron chi connectivity index (χ1n) is 7.82. The molecule has 1 aromatic rings. The molecule has 4 heteroatoms. The molecule has 1 rings (SSSR count). The second kappa shape index (κ2) is 8.01. The minimum atomic E-state index is -0.884. The summed E-state index contributed by atoms with van der Waals surface area (Å²) in [6.07, 6.45) is 1.77. The molecule has 0 aliphatic heterocycles. The first-order chi connectivity index (χ1) is 9.83. The molecule has 0 aromatic carbocycles. The average Bonchev–Trinajstić information content (AvgIpc) is 2.36. The fourth-order valence-corrected chi connectivity index (χ4v) is 2.38. The lowest BCUT2D eigenvalue weighted by Crippen LogP contribution is -2.32. The van der Waals surface area contributed by atoms with Crippen LogP contribution in [0.1, 0.15) is 57.1 Å². The molecule has 0 aliphatic rings. The number of carboxylic acid groups (broad SMARTS) is 1. The maximum atomic E-state index is 11.3. The molecule has 0 radical (unpaired) electrons. The van der Waals surface area contributed by atoms with E-state index in [-0.39, 0.29) is 0 Å². The van der Waals surface area contributed by atoms with E-state index in [2.05, 4.69) is 44.5 Å². The van der Waals surface area contributed by atoms with Crippen molar-refractivity contribution in [3.8, 4) is 0 Å². The molecule has 0 saturated heterocycles. The highest BCUT2D eigenvalue weighted by Crippen LogP contribution is 2.19. The van der Waals surface area contributed by atoms with Gasteiger partial charge in [-0.05, 0) is 30.4 Å². The van der Waals surface area contributed by atoms with Crippen LogP contribution < -0.4 is 4.90 Å². The van der Waals surface area contributed by atoms with Crippen LogP contribution in [0.25, 0.3) is 0 Å². The van der Waals surface area contributed by atoms with Gasteiger partial charge in [0.1, 0.15) is 5.82 Å². The van der Waals surface area contributed by atoms with E-state index in [0.29, 0.717) is 17.4 Å². The summed E-state index contributed by atoms with van der Waals surface area (Å²) in [5.74, 6) is 0.924. The summed E-state index contributed by atoms with van der Waals surface area (Å²) in [7, 11) is 0. The zero-order chi connectivity index (χ0) is 16.0. The predicted molar refractivity (Wildman–Crippen MR) is 87.1 cm³/mol. The summed E-state index contributed by atoms with van der Waals surface area (Å²) >= 11 is 0. The molecule has 0 spiro atoms. The lowest BCUT2D eigenvalue weighted by atomic mass is 10.1. The van der Waals surface area contributed by atoms with Crippen LogP contribution in [0.15, 0.2) is 12.1 Å². The normalized spacial score (nSPS) is 11.2. The van der Waals surface area contributed by atoms with Crippen molar-refractivity contribution in [2.75, 3.05) is 18.0 Å². The number of carbonyl (C=O) groups is 1. The maximum Gasteiger partial charge on any atom is 0.335 e. The van der Waals surface area contributed by atoms with Gasteiger partial charge in [0.2, 0.25) is 0 Å². The van der Waals surface area contributed by atoms with Gasteiger partial charge < -0.3 is 10.0 Å². The van der Waals surface area contributed by atoms with Crippen LogP contribution >= 0.6 is 0 Å². The predicted octanol–water partition coefficient (Wildman–Crippen LogP) is 3.85. The summed E-state index contributed by atoms with van der Waals surface area (Å²) < 4.78 is 0. The van der Waals surface area contributed by atoms with Crippen molar-refractivity contribution in [1.29, 1.82) is 0 Å². The number of carboxylic acids is 1. The third-order valence-corrected chi connectivity index (χ3v) is 3.11. The number of pyridine rings is 1. The number of hydrogen-bond donors (Lipinski definition) is 1. The molecule has 1 heterocycles. The number of aromatic nitrogens is 1. The summed E-state index contributed by atoms with van der Waals surface area (Å²) in [5.41, 5.74) is 1.20. The zero-order valence-corrected chi connectivity index (χ0v) is 13.9. The Morgan fingerprint density at radius 1 is 1.19 bits per heavy atom. The van der Waals surface area contributed by atoms with Gasteiger partial charge in [0.25, 0.3) is 0 Å². The van der Waals surface area contributed by atoms with Crippen LogP contribution in [0.5, 0.6) is 0 Å². The number of hydrogen-bond acceptors (Lipinski definition) is 3. The first-order valence-corrected chi connectivity index (χ1v) is 7.82. The lowest BCUT2D eigenvalue weighted by molar-refractivity contribution is 0.0696. The highest BCUT2D eigenvalue weighted by atomic mass is 16.4. The Kier molecular flexibility index (Phi) is 6.66. The Morgan fingerprint density at radius 3 is 2.19 bits per heavy atom. The largest absolute Gasteiger partial charge is 0.478 e. The Morgan fingerprint density at radius 2 is 1.76 bits per heavy atom. The molecule has 4 nitrogen and oxygen atoms in total. The molecular weight excluding hydrogens is 264 g/mol. The van der Waals surface area contributed by atoms with Crippen molar-refractivity contribution < 1.29 is 9.90 Å². The summed E-state index contributed by atoms with van der Waals surface area (Å²) in [6.45, 7) is 12.5. The molecule has 0 amide bonds.